The van der Waals surface area contributed by atoms with Gasteiger partial charge in [0, 0.05) is 11.6 Å². The minimum atomic E-state index is -4.52. The van der Waals surface area contributed by atoms with E-state index in [4.69, 9.17) is 11.6 Å². The van der Waals surface area contributed by atoms with Crippen molar-refractivity contribution in [1.29, 1.82) is 0 Å². The second kappa shape index (κ2) is 6.88. The van der Waals surface area contributed by atoms with Crippen LogP contribution in [0.2, 0.25) is 5.02 Å². The maximum atomic E-state index is 12.9. The summed E-state index contributed by atoms with van der Waals surface area (Å²) in [5.74, 6) is 0. The van der Waals surface area contributed by atoms with Crippen LogP contribution in [0.15, 0.2) is 47.6 Å². The summed E-state index contributed by atoms with van der Waals surface area (Å²) in [7, 11) is 0. The van der Waals surface area contributed by atoms with Crippen LogP contribution in [0, 0.1) is 10.1 Å². The van der Waals surface area contributed by atoms with E-state index < -0.39 is 16.7 Å². The molecule has 0 aliphatic carbocycles. The van der Waals surface area contributed by atoms with Crippen molar-refractivity contribution in [3.8, 4) is 0 Å². The Morgan fingerprint density at radius 2 is 1.92 bits per heavy atom. The number of rotatable bonds is 4. The van der Waals surface area contributed by atoms with Gasteiger partial charge in [-0.1, -0.05) is 29.8 Å². The summed E-state index contributed by atoms with van der Waals surface area (Å²) in [4.78, 5) is 10.2. The molecule has 0 unspecified atom stereocenters. The van der Waals surface area contributed by atoms with Gasteiger partial charge in [-0.25, -0.2) is 0 Å². The van der Waals surface area contributed by atoms with Gasteiger partial charge in [0.25, 0.3) is 5.69 Å². The van der Waals surface area contributed by atoms with Crippen molar-refractivity contribution in [3.63, 3.8) is 0 Å². The summed E-state index contributed by atoms with van der Waals surface area (Å²) >= 11 is 5.72. The summed E-state index contributed by atoms with van der Waals surface area (Å²) in [6, 6.07) is 8.91. The van der Waals surface area contributed by atoms with Gasteiger partial charge in [-0.3, -0.25) is 15.5 Å². The molecule has 2 aromatic carbocycles. The predicted molar refractivity (Wildman–Crippen MR) is 85.4 cm³/mol. The number of alkyl halides is 3. The summed E-state index contributed by atoms with van der Waals surface area (Å²) < 4.78 is 38.7. The molecule has 0 amide bonds. The lowest BCUT2D eigenvalue weighted by atomic mass is 10.1. The van der Waals surface area contributed by atoms with E-state index >= 15 is 0 Å². The topological polar surface area (TPSA) is 67.5 Å². The fraction of sp³-hybridized carbons (Fsp3) is 0.133. The van der Waals surface area contributed by atoms with Gasteiger partial charge in [-0.15, -0.1) is 0 Å². The number of benzene rings is 2. The molecule has 2 aromatic rings. The highest BCUT2D eigenvalue weighted by molar-refractivity contribution is 6.32. The standard InChI is InChI=1S/C15H11ClF3N3O2/c1-9(10-6-7-12(16)14(8-10)22(23)24)20-21-13-5-3-2-4-11(13)15(17,18)19/h2-8,21H,1H3/b20-9-. The van der Waals surface area contributed by atoms with Gasteiger partial charge < -0.3 is 0 Å². The molecule has 0 heterocycles. The van der Waals surface area contributed by atoms with E-state index in [9.17, 15) is 23.3 Å². The maximum Gasteiger partial charge on any atom is 0.418 e. The summed E-state index contributed by atoms with van der Waals surface area (Å²) in [6.07, 6.45) is -4.52. The largest absolute Gasteiger partial charge is 0.418 e. The Hall–Kier alpha value is -2.61. The molecule has 0 radical (unpaired) electrons. The molecule has 24 heavy (non-hydrogen) atoms. The Morgan fingerprint density at radius 3 is 2.54 bits per heavy atom. The third kappa shape index (κ3) is 4.02. The summed E-state index contributed by atoms with van der Waals surface area (Å²) in [6.45, 7) is 1.51. The predicted octanol–water partition coefficient (Wildman–Crippen LogP) is 5.10. The Bertz CT molecular complexity index is 807. The van der Waals surface area contributed by atoms with E-state index in [-0.39, 0.29) is 22.1 Å². The summed E-state index contributed by atoms with van der Waals surface area (Å²) in [5, 5.41) is 14.7. The number of nitro benzene ring substituents is 1. The smallest absolute Gasteiger partial charge is 0.278 e. The molecule has 1 N–H and O–H groups in total. The van der Waals surface area contributed by atoms with Crippen LogP contribution in [-0.2, 0) is 6.18 Å². The molecule has 0 aromatic heterocycles. The average Bonchev–Trinajstić information content (AvgIpc) is 2.52. The second-order valence-corrected chi connectivity index (χ2v) is 5.18. The molecule has 0 saturated carbocycles. The quantitative estimate of drug-likeness (QED) is 0.470. The molecule has 9 heteroatoms. The van der Waals surface area contributed by atoms with Crippen LogP contribution in [-0.4, -0.2) is 10.6 Å². The first-order valence-electron chi connectivity index (χ1n) is 6.61. The number of hydrazone groups is 1. The van der Waals surface area contributed by atoms with Crippen LogP contribution in [0.3, 0.4) is 0 Å². The molecule has 2 rings (SSSR count). The van der Waals surface area contributed by atoms with E-state index in [0.29, 0.717) is 5.56 Å². The first-order valence-corrected chi connectivity index (χ1v) is 6.99. The molecule has 0 aliphatic rings. The number of nitrogens with one attached hydrogen (secondary N) is 1. The zero-order valence-electron chi connectivity index (χ0n) is 12.3. The van der Waals surface area contributed by atoms with Crippen molar-refractivity contribution >= 4 is 28.7 Å². The van der Waals surface area contributed by atoms with Crippen LogP contribution in [0.4, 0.5) is 24.5 Å². The van der Waals surface area contributed by atoms with Gasteiger partial charge in [0.05, 0.1) is 21.9 Å². The maximum absolute atomic E-state index is 12.9. The number of halogens is 4. The van der Waals surface area contributed by atoms with Crippen LogP contribution >= 0.6 is 11.6 Å². The average molecular weight is 358 g/mol. The molecule has 5 nitrogen and oxygen atoms in total. The lowest BCUT2D eigenvalue weighted by Crippen LogP contribution is -2.09. The first kappa shape index (κ1) is 17.7. The third-order valence-corrected chi connectivity index (χ3v) is 3.46. The van der Waals surface area contributed by atoms with Gasteiger partial charge >= 0.3 is 6.18 Å². The van der Waals surface area contributed by atoms with E-state index in [1.54, 1.807) is 0 Å². The second-order valence-electron chi connectivity index (χ2n) is 4.78. The van der Waals surface area contributed by atoms with Crippen molar-refractivity contribution in [2.75, 3.05) is 5.43 Å². The Kier molecular flexibility index (Phi) is 5.08. The van der Waals surface area contributed by atoms with Crippen molar-refractivity contribution in [2.45, 2.75) is 13.1 Å². The molecular weight excluding hydrogens is 347 g/mol. The van der Waals surface area contributed by atoms with E-state index in [2.05, 4.69) is 10.5 Å². The summed E-state index contributed by atoms with van der Waals surface area (Å²) in [5.41, 5.74) is 1.60. The van der Waals surface area contributed by atoms with Crippen molar-refractivity contribution in [2.24, 2.45) is 5.10 Å². The monoisotopic (exact) mass is 357 g/mol. The molecule has 0 spiro atoms. The number of para-hydroxylation sites is 1. The molecule has 0 fully saturated rings. The minimum absolute atomic E-state index is 0.0353. The van der Waals surface area contributed by atoms with Gasteiger partial charge in [0.2, 0.25) is 0 Å². The molecule has 0 saturated heterocycles. The number of hydrogen-bond donors (Lipinski definition) is 1. The number of hydrogen-bond acceptors (Lipinski definition) is 4. The van der Waals surface area contributed by atoms with Gasteiger partial charge in [0.15, 0.2) is 0 Å². The van der Waals surface area contributed by atoms with Crippen LogP contribution in [0.5, 0.6) is 0 Å². The molecule has 0 aliphatic heterocycles. The Morgan fingerprint density at radius 1 is 1.25 bits per heavy atom. The van der Waals surface area contributed by atoms with E-state index in [1.165, 1.54) is 43.3 Å². The molecular formula is C15H11ClF3N3O2. The van der Waals surface area contributed by atoms with Crippen LogP contribution in [0.25, 0.3) is 0 Å². The third-order valence-electron chi connectivity index (χ3n) is 3.14. The normalized spacial score (nSPS) is 12.1. The lowest BCUT2D eigenvalue weighted by Gasteiger charge is -2.12. The highest BCUT2D eigenvalue weighted by atomic mass is 35.5. The van der Waals surface area contributed by atoms with Gasteiger partial charge in [-0.2, -0.15) is 18.3 Å². The van der Waals surface area contributed by atoms with E-state index in [0.717, 1.165) is 6.07 Å². The molecule has 126 valence electrons. The van der Waals surface area contributed by atoms with E-state index in [1.807, 2.05) is 0 Å². The fourth-order valence-electron chi connectivity index (χ4n) is 1.91. The van der Waals surface area contributed by atoms with Crippen LogP contribution in [0.1, 0.15) is 18.1 Å². The minimum Gasteiger partial charge on any atom is -0.278 e. The van der Waals surface area contributed by atoms with Crippen molar-refractivity contribution < 1.29 is 18.1 Å². The van der Waals surface area contributed by atoms with Gasteiger partial charge in [0.1, 0.15) is 5.02 Å². The van der Waals surface area contributed by atoms with Gasteiger partial charge in [-0.05, 0) is 25.1 Å². The van der Waals surface area contributed by atoms with Crippen molar-refractivity contribution in [1.82, 2.24) is 0 Å². The number of nitrogens with zero attached hydrogens (tertiary/aromatic N) is 2. The highest BCUT2D eigenvalue weighted by Crippen LogP contribution is 2.34. The first-order chi connectivity index (χ1) is 11.2. The Balaban J connectivity index is 2.31. The lowest BCUT2D eigenvalue weighted by molar-refractivity contribution is -0.384. The number of nitro groups is 1. The SMILES string of the molecule is C/C(=N/Nc1ccccc1C(F)(F)F)c1ccc(Cl)c([N+](=O)[O-])c1. The zero-order chi connectivity index (χ0) is 17.9. The molecule has 0 bridgehead atoms. The van der Waals surface area contributed by atoms with Crippen molar-refractivity contribution in [3.05, 3.63) is 68.7 Å². The fourth-order valence-corrected chi connectivity index (χ4v) is 2.10. The highest BCUT2D eigenvalue weighted by Gasteiger charge is 2.33. The molecule has 0 atom stereocenters. The number of anilines is 1. The van der Waals surface area contributed by atoms with Crippen LogP contribution < -0.4 is 5.43 Å². The zero-order valence-corrected chi connectivity index (χ0v) is 13.0. The Labute approximate surface area is 139 Å².